The van der Waals surface area contributed by atoms with Crippen LogP contribution in [0.5, 0.6) is 0 Å². The maximum Gasteiger partial charge on any atom is 0.339 e. The van der Waals surface area contributed by atoms with E-state index in [1.807, 2.05) is 30.3 Å². The molecule has 0 aliphatic heterocycles. The molecule has 1 amide bonds. The fourth-order valence-corrected chi connectivity index (χ4v) is 1.95. The van der Waals surface area contributed by atoms with Crippen molar-refractivity contribution in [2.45, 2.75) is 0 Å². The zero-order valence-electron chi connectivity index (χ0n) is 11.7. The minimum Gasteiger partial charge on any atom is -0.452 e. The Kier molecular flexibility index (Phi) is 5.33. The number of ether oxygens (including phenoxy) is 1. The smallest absolute Gasteiger partial charge is 0.339 e. The Morgan fingerprint density at radius 2 is 1.68 bits per heavy atom. The van der Waals surface area contributed by atoms with E-state index in [9.17, 15) is 9.59 Å². The van der Waals surface area contributed by atoms with Gasteiger partial charge in [-0.3, -0.25) is 4.79 Å². The van der Waals surface area contributed by atoms with E-state index in [0.717, 1.165) is 5.56 Å². The van der Waals surface area contributed by atoms with Crippen LogP contribution < -0.4 is 5.73 Å². The van der Waals surface area contributed by atoms with Gasteiger partial charge in [-0.2, -0.15) is 0 Å². The van der Waals surface area contributed by atoms with Crippen LogP contribution in [0.3, 0.4) is 0 Å². The first-order valence-corrected chi connectivity index (χ1v) is 6.92. The maximum absolute atomic E-state index is 12.2. The Morgan fingerprint density at radius 1 is 1.05 bits per heavy atom. The average Bonchev–Trinajstić information content (AvgIpc) is 2.52. The van der Waals surface area contributed by atoms with Gasteiger partial charge in [0.1, 0.15) is 0 Å². The number of hydrogen-bond donors (Lipinski definition) is 1. The summed E-state index contributed by atoms with van der Waals surface area (Å²) in [5.41, 5.74) is 6.80. The molecule has 2 aromatic carbocycles. The topological polar surface area (TPSA) is 69.4 Å². The van der Waals surface area contributed by atoms with E-state index in [0.29, 0.717) is 16.2 Å². The van der Waals surface area contributed by atoms with E-state index in [2.05, 4.69) is 0 Å². The van der Waals surface area contributed by atoms with E-state index in [-0.39, 0.29) is 0 Å². The number of nitrogens with two attached hydrogens (primary N) is 1. The molecule has 0 saturated carbocycles. The molecule has 2 aromatic rings. The molecule has 0 spiro atoms. The highest BCUT2D eigenvalue weighted by Gasteiger charge is 2.14. The van der Waals surface area contributed by atoms with Crippen LogP contribution in [-0.2, 0) is 14.3 Å². The molecule has 2 N–H and O–H groups in total. The summed E-state index contributed by atoms with van der Waals surface area (Å²) in [5.74, 6) is -1.33. The monoisotopic (exact) mass is 315 g/mol. The molecule has 0 radical (unpaired) electrons. The summed E-state index contributed by atoms with van der Waals surface area (Å²) >= 11 is 5.86. The lowest BCUT2D eigenvalue weighted by molar-refractivity contribution is -0.141. The number of amides is 1. The minimum atomic E-state index is -0.705. The van der Waals surface area contributed by atoms with Crippen LogP contribution in [-0.4, -0.2) is 18.5 Å². The normalized spacial score (nSPS) is 11.0. The summed E-state index contributed by atoms with van der Waals surface area (Å²) in [7, 11) is 0. The third-order valence-corrected chi connectivity index (χ3v) is 3.08. The van der Waals surface area contributed by atoms with Crippen LogP contribution in [0.4, 0.5) is 0 Å². The highest BCUT2D eigenvalue weighted by Crippen LogP contribution is 2.22. The van der Waals surface area contributed by atoms with Gasteiger partial charge in [0, 0.05) is 5.02 Å². The lowest BCUT2D eigenvalue weighted by atomic mass is 10.0. The van der Waals surface area contributed by atoms with Crippen molar-refractivity contribution in [1.82, 2.24) is 0 Å². The summed E-state index contributed by atoms with van der Waals surface area (Å²) in [4.78, 5) is 23.0. The number of benzene rings is 2. The third kappa shape index (κ3) is 4.46. The number of primary amides is 1. The van der Waals surface area contributed by atoms with Crippen molar-refractivity contribution in [1.29, 1.82) is 0 Å². The van der Waals surface area contributed by atoms with E-state index in [1.165, 1.54) is 0 Å². The molecule has 0 saturated heterocycles. The second kappa shape index (κ2) is 7.43. The Bertz CT molecular complexity index is 694. The van der Waals surface area contributed by atoms with Crippen molar-refractivity contribution >= 4 is 35.1 Å². The molecule has 4 nitrogen and oxygen atoms in total. The molecule has 22 heavy (non-hydrogen) atoms. The van der Waals surface area contributed by atoms with Crippen LogP contribution >= 0.6 is 11.6 Å². The number of esters is 1. The molecule has 0 fully saturated rings. The highest BCUT2D eigenvalue weighted by atomic mass is 35.5. The zero-order chi connectivity index (χ0) is 15.9. The number of halogens is 1. The summed E-state index contributed by atoms with van der Waals surface area (Å²) in [6.45, 7) is -0.460. The fraction of sp³-hybridized carbons (Fsp3) is 0.0588. The summed E-state index contributed by atoms with van der Waals surface area (Å²) in [5, 5.41) is 0.563. The first kappa shape index (κ1) is 15.8. The molecule has 0 heterocycles. The van der Waals surface area contributed by atoms with Crippen LogP contribution in [0, 0.1) is 0 Å². The van der Waals surface area contributed by atoms with Gasteiger partial charge in [0.05, 0.1) is 5.57 Å². The first-order valence-electron chi connectivity index (χ1n) is 6.54. The van der Waals surface area contributed by atoms with Crippen LogP contribution in [0.15, 0.2) is 54.6 Å². The largest absolute Gasteiger partial charge is 0.452 e. The van der Waals surface area contributed by atoms with Gasteiger partial charge < -0.3 is 10.5 Å². The molecule has 0 atom stereocenters. The number of hydrogen-bond acceptors (Lipinski definition) is 3. The van der Waals surface area contributed by atoms with E-state index in [4.69, 9.17) is 22.1 Å². The molecule has 0 bridgehead atoms. The molecular formula is C17H14ClNO3. The quantitative estimate of drug-likeness (QED) is 0.524. The van der Waals surface area contributed by atoms with Gasteiger partial charge in [-0.05, 0) is 29.3 Å². The Balaban J connectivity index is 2.36. The van der Waals surface area contributed by atoms with Gasteiger partial charge in [-0.1, -0.05) is 54.1 Å². The van der Waals surface area contributed by atoms with Gasteiger partial charge in [0.15, 0.2) is 6.61 Å². The minimum absolute atomic E-state index is 0.323. The molecule has 5 heteroatoms. The van der Waals surface area contributed by atoms with E-state index < -0.39 is 18.5 Å². The number of carbonyl (C=O) groups excluding carboxylic acids is 2. The van der Waals surface area contributed by atoms with Crippen molar-refractivity contribution in [3.63, 3.8) is 0 Å². The molecule has 0 aromatic heterocycles. The van der Waals surface area contributed by atoms with Crippen LogP contribution in [0.2, 0.25) is 5.02 Å². The summed E-state index contributed by atoms with van der Waals surface area (Å²) in [6, 6.07) is 16.1. The predicted molar refractivity (Wildman–Crippen MR) is 85.9 cm³/mol. The second-order valence-electron chi connectivity index (χ2n) is 4.52. The van der Waals surface area contributed by atoms with Gasteiger partial charge in [-0.25, -0.2) is 4.79 Å². The Labute approximate surface area is 133 Å². The molecule has 0 aliphatic rings. The van der Waals surface area contributed by atoms with Gasteiger partial charge in [0.25, 0.3) is 5.91 Å². The van der Waals surface area contributed by atoms with Crippen molar-refractivity contribution in [2.75, 3.05) is 6.61 Å². The number of rotatable bonds is 5. The third-order valence-electron chi connectivity index (χ3n) is 2.83. The van der Waals surface area contributed by atoms with Crippen molar-refractivity contribution in [3.05, 3.63) is 70.7 Å². The van der Waals surface area contributed by atoms with Crippen molar-refractivity contribution < 1.29 is 14.3 Å². The molecular weight excluding hydrogens is 302 g/mol. The van der Waals surface area contributed by atoms with Crippen LogP contribution in [0.25, 0.3) is 11.6 Å². The predicted octanol–water partition coefficient (Wildman–Crippen LogP) is 2.91. The molecule has 0 aliphatic carbocycles. The van der Waals surface area contributed by atoms with Gasteiger partial charge in [-0.15, -0.1) is 0 Å². The molecule has 2 rings (SSSR count). The van der Waals surface area contributed by atoms with Crippen molar-refractivity contribution in [3.8, 4) is 0 Å². The van der Waals surface area contributed by atoms with Crippen molar-refractivity contribution in [2.24, 2.45) is 5.73 Å². The Hall–Kier alpha value is -2.59. The number of carbonyl (C=O) groups is 2. The Morgan fingerprint density at radius 3 is 2.27 bits per heavy atom. The lowest BCUT2D eigenvalue weighted by Gasteiger charge is -2.08. The second-order valence-corrected chi connectivity index (χ2v) is 4.95. The maximum atomic E-state index is 12.2. The SMILES string of the molecule is NC(=O)COC(=O)/C(=C/c1ccccc1)c1ccc(Cl)cc1. The summed E-state index contributed by atoms with van der Waals surface area (Å²) < 4.78 is 4.91. The summed E-state index contributed by atoms with van der Waals surface area (Å²) in [6.07, 6.45) is 1.69. The first-order chi connectivity index (χ1) is 10.6. The average molecular weight is 316 g/mol. The molecule has 0 unspecified atom stereocenters. The van der Waals surface area contributed by atoms with E-state index in [1.54, 1.807) is 30.3 Å². The van der Waals surface area contributed by atoms with Gasteiger partial charge >= 0.3 is 5.97 Å². The van der Waals surface area contributed by atoms with Crippen LogP contribution in [0.1, 0.15) is 11.1 Å². The van der Waals surface area contributed by atoms with E-state index >= 15 is 0 Å². The van der Waals surface area contributed by atoms with Gasteiger partial charge in [0.2, 0.25) is 0 Å². The zero-order valence-corrected chi connectivity index (χ0v) is 12.4. The highest BCUT2D eigenvalue weighted by molar-refractivity contribution is 6.30. The lowest BCUT2D eigenvalue weighted by Crippen LogP contribution is -2.21. The molecule has 112 valence electrons. The standard InChI is InChI=1S/C17H14ClNO3/c18-14-8-6-13(7-9-14)15(17(21)22-11-16(19)20)10-12-4-2-1-3-5-12/h1-10H,11H2,(H2,19,20)/b15-10+. The fourth-order valence-electron chi connectivity index (χ4n) is 1.82.